The third-order valence-corrected chi connectivity index (χ3v) is 7.05. The Kier molecular flexibility index (Phi) is 9.67. The largest absolute Gasteiger partial charge is 0.352 e. The molecule has 2 aromatic carbocycles. The maximum atomic E-state index is 13.7. The first-order valence-electron chi connectivity index (χ1n) is 11.7. The quantitative estimate of drug-likeness (QED) is 0.522. The van der Waals surface area contributed by atoms with E-state index in [2.05, 4.69) is 5.32 Å². The highest BCUT2D eigenvalue weighted by atomic mass is 32.2. The van der Waals surface area contributed by atoms with Gasteiger partial charge >= 0.3 is 0 Å². The van der Waals surface area contributed by atoms with Crippen molar-refractivity contribution in [3.05, 3.63) is 65.2 Å². The molecule has 0 aliphatic heterocycles. The first-order chi connectivity index (χ1) is 16.0. The van der Waals surface area contributed by atoms with E-state index in [0.717, 1.165) is 33.7 Å². The number of nitrogens with one attached hydrogen (secondary N) is 1. The summed E-state index contributed by atoms with van der Waals surface area (Å²) in [5.41, 5.74) is 3.15. The number of hydrogen-bond donors (Lipinski definition) is 1. The topological polar surface area (TPSA) is 86.8 Å². The molecule has 0 aliphatic rings. The van der Waals surface area contributed by atoms with Gasteiger partial charge in [-0.2, -0.15) is 0 Å². The third-order valence-electron chi connectivity index (χ3n) is 5.92. The molecule has 2 aromatic rings. The summed E-state index contributed by atoms with van der Waals surface area (Å²) >= 11 is 0. The van der Waals surface area contributed by atoms with Gasteiger partial charge in [0.2, 0.25) is 21.8 Å². The lowest BCUT2D eigenvalue weighted by Crippen LogP contribution is -2.53. The number of para-hydroxylation sites is 1. The monoisotopic (exact) mass is 487 g/mol. The van der Waals surface area contributed by atoms with Gasteiger partial charge in [-0.1, -0.05) is 61.9 Å². The number of rotatable bonds is 11. The molecule has 0 aliphatic carbocycles. The highest BCUT2D eigenvalue weighted by Crippen LogP contribution is 2.23. The van der Waals surface area contributed by atoms with E-state index in [1.54, 1.807) is 25.1 Å². The zero-order valence-corrected chi connectivity index (χ0v) is 21.9. The fourth-order valence-electron chi connectivity index (χ4n) is 3.69. The Morgan fingerprint density at radius 1 is 0.971 bits per heavy atom. The summed E-state index contributed by atoms with van der Waals surface area (Å²) in [7, 11) is -3.74. The molecule has 7 nitrogen and oxygen atoms in total. The van der Waals surface area contributed by atoms with E-state index in [1.807, 2.05) is 58.0 Å². The van der Waals surface area contributed by atoms with Crippen molar-refractivity contribution in [2.75, 3.05) is 17.1 Å². The van der Waals surface area contributed by atoms with Crippen LogP contribution in [0.5, 0.6) is 0 Å². The average Bonchev–Trinajstić information content (AvgIpc) is 2.78. The molecular formula is C26H37N3O4S. The van der Waals surface area contributed by atoms with Crippen LogP contribution in [0.4, 0.5) is 5.69 Å². The molecule has 0 bridgehead atoms. The Balaban J connectivity index is 2.44. The number of carbonyl (C=O) groups is 2. The molecule has 0 spiro atoms. The van der Waals surface area contributed by atoms with Crippen LogP contribution in [0.2, 0.25) is 0 Å². The van der Waals surface area contributed by atoms with E-state index in [1.165, 1.54) is 4.90 Å². The first-order valence-corrected chi connectivity index (χ1v) is 13.5. The maximum absolute atomic E-state index is 13.7. The fraction of sp³-hybridized carbons (Fsp3) is 0.462. The summed E-state index contributed by atoms with van der Waals surface area (Å²) < 4.78 is 26.5. The van der Waals surface area contributed by atoms with Gasteiger partial charge in [0.05, 0.1) is 11.9 Å². The van der Waals surface area contributed by atoms with Crippen molar-refractivity contribution in [2.24, 2.45) is 0 Å². The molecule has 0 heterocycles. The van der Waals surface area contributed by atoms with Crippen molar-refractivity contribution in [1.29, 1.82) is 0 Å². The van der Waals surface area contributed by atoms with Crippen molar-refractivity contribution < 1.29 is 18.0 Å². The minimum absolute atomic E-state index is 0.0302. The minimum atomic E-state index is -3.74. The molecule has 2 rings (SSSR count). The van der Waals surface area contributed by atoms with E-state index < -0.39 is 22.0 Å². The van der Waals surface area contributed by atoms with Crippen LogP contribution in [-0.4, -0.2) is 50.0 Å². The van der Waals surface area contributed by atoms with E-state index in [0.29, 0.717) is 12.1 Å². The molecule has 0 saturated carbocycles. The number of aryl methyl sites for hydroxylation is 2. The molecule has 0 fully saturated rings. The smallest absolute Gasteiger partial charge is 0.244 e. The van der Waals surface area contributed by atoms with Gasteiger partial charge < -0.3 is 10.2 Å². The maximum Gasteiger partial charge on any atom is 0.244 e. The van der Waals surface area contributed by atoms with Crippen molar-refractivity contribution in [3.8, 4) is 0 Å². The highest BCUT2D eigenvalue weighted by Gasteiger charge is 2.32. The fourth-order valence-corrected chi connectivity index (χ4v) is 4.60. The summed E-state index contributed by atoms with van der Waals surface area (Å²) in [5, 5.41) is 2.97. The predicted molar refractivity (Wildman–Crippen MR) is 137 cm³/mol. The average molecular weight is 488 g/mol. The van der Waals surface area contributed by atoms with E-state index in [-0.39, 0.29) is 25.0 Å². The van der Waals surface area contributed by atoms with Crippen LogP contribution in [-0.2, 0) is 26.2 Å². The number of sulfonamides is 1. The second-order valence-electron chi connectivity index (χ2n) is 8.81. The first kappa shape index (κ1) is 27.4. The standard InChI is InChI=1S/C26H37N3O4S/c1-7-21(5)27-26(31)23(8-2)28(17-22-15-13-19(3)14-16-22)25(30)18-29(34(6,32)33)24-12-10-9-11-20(24)4/h9-16,21,23H,7-8,17-18H2,1-6H3,(H,27,31)/t21-,23-/m0/s1. The van der Waals surface area contributed by atoms with Crippen LogP contribution < -0.4 is 9.62 Å². The van der Waals surface area contributed by atoms with Crippen molar-refractivity contribution in [1.82, 2.24) is 10.2 Å². The van der Waals surface area contributed by atoms with Crippen LogP contribution in [0.25, 0.3) is 0 Å². The van der Waals surface area contributed by atoms with Gasteiger partial charge in [-0.25, -0.2) is 8.42 Å². The second kappa shape index (κ2) is 12.0. The Bertz CT molecular complexity index is 1080. The molecule has 8 heteroatoms. The van der Waals surface area contributed by atoms with Gasteiger partial charge in [-0.05, 0) is 50.8 Å². The molecule has 186 valence electrons. The molecule has 0 saturated heterocycles. The molecular weight excluding hydrogens is 450 g/mol. The minimum Gasteiger partial charge on any atom is -0.352 e. The Labute approximate surface area is 204 Å². The molecule has 0 radical (unpaired) electrons. The highest BCUT2D eigenvalue weighted by molar-refractivity contribution is 7.92. The predicted octanol–water partition coefficient (Wildman–Crippen LogP) is 3.79. The zero-order chi connectivity index (χ0) is 25.5. The van der Waals surface area contributed by atoms with E-state index in [4.69, 9.17) is 0 Å². The van der Waals surface area contributed by atoms with Crippen LogP contribution in [0, 0.1) is 13.8 Å². The summed E-state index contributed by atoms with van der Waals surface area (Å²) in [4.78, 5) is 28.3. The number of benzene rings is 2. The van der Waals surface area contributed by atoms with E-state index >= 15 is 0 Å². The van der Waals surface area contributed by atoms with E-state index in [9.17, 15) is 18.0 Å². The molecule has 0 aromatic heterocycles. The van der Waals surface area contributed by atoms with Crippen LogP contribution in [0.3, 0.4) is 0 Å². The molecule has 0 unspecified atom stereocenters. The number of nitrogens with zero attached hydrogens (tertiary/aromatic N) is 2. The lowest BCUT2D eigenvalue weighted by molar-refractivity contribution is -0.140. The van der Waals surface area contributed by atoms with Crippen LogP contribution in [0.1, 0.15) is 50.3 Å². The van der Waals surface area contributed by atoms with Gasteiger partial charge in [0.25, 0.3) is 0 Å². The van der Waals surface area contributed by atoms with Gasteiger partial charge in [-0.15, -0.1) is 0 Å². The normalized spacial score (nSPS) is 13.1. The lowest BCUT2D eigenvalue weighted by atomic mass is 10.1. The van der Waals surface area contributed by atoms with Gasteiger partial charge in [0.1, 0.15) is 12.6 Å². The Morgan fingerprint density at radius 3 is 2.12 bits per heavy atom. The molecule has 34 heavy (non-hydrogen) atoms. The van der Waals surface area contributed by atoms with Gasteiger partial charge in [0.15, 0.2) is 0 Å². The zero-order valence-electron chi connectivity index (χ0n) is 21.0. The summed E-state index contributed by atoms with van der Waals surface area (Å²) in [6.45, 7) is 9.35. The van der Waals surface area contributed by atoms with Crippen LogP contribution >= 0.6 is 0 Å². The number of carbonyl (C=O) groups excluding carboxylic acids is 2. The van der Waals surface area contributed by atoms with Crippen molar-refractivity contribution >= 4 is 27.5 Å². The number of anilines is 1. The third kappa shape index (κ3) is 7.32. The van der Waals surface area contributed by atoms with Crippen LogP contribution in [0.15, 0.2) is 48.5 Å². The van der Waals surface area contributed by atoms with Gasteiger partial charge in [-0.3, -0.25) is 13.9 Å². The molecule has 1 N–H and O–H groups in total. The summed E-state index contributed by atoms with van der Waals surface area (Å²) in [5.74, 6) is -0.667. The van der Waals surface area contributed by atoms with Crippen molar-refractivity contribution in [3.63, 3.8) is 0 Å². The van der Waals surface area contributed by atoms with Gasteiger partial charge in [0, 0.05) is 12.6 Å². The summed E-state index contributed by atoms with van der Waals surface area (Å²) in [6, 6.07) is 14.0. The number of amides is 2. The summed E-state index contributed by atoms with van der Waals surface area (Å²) in [6.07, 6.45) is 2.26. The lowest BCUT2D eigenvalue weighted by Gasteiger charge is -2.33. The second-order valence-corrected chi connectivity index (χ2v) is 10.7. The SMILES string of the molecule is CC[C@H](C)NC(=O)[C@H](CC)N(Cc1ccc(C)cc1)C(=O)CN(c1ccccc1C)S(C)(=O)=O. The number of hydrogen-bond acceptors (Lipinski definition) is 4. The van der Waals surface area contributed by atoms with Crippen molar-refractivity contribution in [2.45, 2.75) is 66.1 Å². The Hall–Kier alpha value is -2.87. The Morgan fingerprint density at radius 2 is 1.59 bits per heavy atom. The molecule has 2 amide bonds. The molecule has 2 atom stereocenters.